The number of aryl methyl sites for hydroxylation is 1. The number of hydrogen-bond donors (Lipinski definition) is 1. The minimum absolute atomic E-state index is 0.295. The smallest absolute Gasteiger partial charge is 0.128 e. The number of ether oxygens (including phenoxy) is 1. The van der Waals surface area contributed by atoms with Crippen molar-refractivity contribution < 1.29 is 9.84 Å². The minimum atomic E-state index is -0.335. The summed E-state index contributed by atoms with van der Waals surface area (Å²) in [5.41, 5.74) is 3.00. The van der Waals surface area contributed by atoms with Gasteiger partial charge < -0.3 is 9.84 Å². The van der Waals surface area contributed by atoms with Gasteiger partial charge in [0.05, 0.1) is 13.2 Å². The molecule has 17 heavy (non-hydrogen) atoms. The Hall–Kier alpha value is -1.09. The lowest BCUT2D eigenvalue weighted by Crippen LogP contribution is -2.21. The van der Waals surface area contributed by atoms with Gasteiger partial charge in [0.1, 0.15) is 5.75 Å². The van der Waals surface area contributed by atoms with Crippen LogP contribution in [0.5, 0.6) is 5.75 Å². The summed E-state index contributed by atoms with van der Waals surface area (Å²) < 4.78 is 5.36. The Morgan fingerprint density at radius 2 is 2.06 bits per heavy atom. The van der Waals surface area contributed by atoms with Crippen molar-refractivity contribution in [1.82, 2.24) is 4.98 Å². The Bertz CT molecular complexity index is 377. The molecule has 0 aliphatic rings. The molecule has 0 spiro atoms. The van der Waals surface area contributed by atoms with Crippen molar-refractivity contribution >= 4 is 0 Å². The summed E-state index contributed by atoms with van der Waals surface area (Å²) in [5, 5.41) is 10.0. The number of aromatic nitrogens is 1. The van der Waals surface area contributed by atoms with Crippen LogP contribution in [0.3, 0.4) is 0 Å². The Labute approximate surface area is 104 Å². The van der Waals surface area contributed by atoms with Crippen LogP contribution in [0.1, 0.15) is 37.1 Å². The van der Waals surface area contributed by atoms with E-state index in [0.29, 0.717) is 12.3 Å². The quantitative estimate of drug-likeness (QED) is 0.856. The largest absolute Gasteiger partial charge is 0.496 e. The molecule has 1 heterocycles. The summed E-state index contributed by atoms with van der Waals surface area (Å²) in [5.74, 6) is 1.18. The maximum atomic E-state index is 10.0. The second-order valence-corrected chi connectivity index (χ2v) is 4.70. The Kier molecular flexibility index (Phi) is 4.94. The molecule has 0 aliphatic heterocycles. The van der Waals surface area contributed by atoms with Crippen LogP contribution in [0.15, 0.2) is 6.20 Å². The van der Waals surface area contributed by atoms with Crippen LogP contribution >= 0.6 is 0 Å². The van der Waals surface area contributed by atoms with E-state index in [-0.39, 0.29) is 6.10 Å². The molecule has 0 radical (unpaired) electrons. The molecule has 2 atom stereocenters. The van der Waals surface area contributed by atoms with Crippen molar-refractivity contribution in [3.63, 3.8) is 0 Å². The highest BCUT2D eigenvalue weighted by molar-refractivity contribution is 5.41. The lowest BCUT2D eigenvalue weighted by Gasteiger charge is -2.19. The van der Waals surface area contributed by atoms with Gasteiger partial charge in [0.2, 0.25) is 0 Å². The first kappa shape index (κ1) is 14.0. The fourth-order valence-electron chi connectivity index (χ4n) is 1.95. The Morgan fingerprint density at radius 1 is 1.41 bits per heavy atom. The molecular weight excluding hydrogens is 214 g/mol. The van der Waals surface area contributed by atoms with Crippen LogP contribution in [-0.4, -0.2) is 23.3 Å². The molecule has 0 saturated heterocycles. The molecule has 1 rings (SSSR count). The molecule has 0 fully saturated rings. The molecule has 0 bridgehead atoms. The first-order chi connectivity index (χ1) is 8.01. The van der Waals surface area contributed by atoms with Crippen molar-refractivity contribution in [3.05, 3.63) is 23.0 Å². The van der Waals surface area contributed by atoms with E-state index in [1.807, 2.05) is 20.0 Å². The number of rotatable bonds is 5. The molecular formula is C14H23NO2. The molecule has 2 unspecified atom stereocenters. The molecule has 1 aromatic rings. The Balaban J connectivity index is 2.92. The zero-order chi connectivity index (χ0) is 13.0. The number of hydrogen-bond acceptors (Lipinski definition) is 3. The summed E-state index contributed by atoms with van der Waals surface area (Å²) in [7, 11) is 1.67. The van der Waals surface area contributed by atoms with Crippen LogP contribution in [0.25, 0.3) is 0 Å². The van der Waals surface area contributed by atoms with Gasteiger partial charge in [-0.1, -0.05) is 20.3 Å². The average molecular weight is 237 g/mol. The Morgan fingerprint density at radius 3 is 2.59 bits per heavy atom. The van der Waals surface area contributed by atoms with E-state index in [1.165, 1.54) is 0 Å². The van der Waals surface area contributed by atoms with Crippen LogP contribution in [0, 0.1) is 19.8 Å². The van der Waals surface area contributed by atoms with E-state index in [0.717, 1.165) is 29.0 Å². The standard InChI is InChI=1S/C14H23NO2/c1-6-9(2)13(16)7-12-11(4)14(17-5)10(3)8-15-12/h8-9,13,16H,6-7H2,1-5H3. The zero-order valence-electron chi connectivity index (χ0n) is 11.4. The molecule has 1 aromatic heterocycles. The molecule has 3 nitrogen and oxygen atoms in total. The van der Waals surface area contributed by atoms with Crippen molar-refractivity contribution in [3.8, 4) is 5.75 Å². The fraction of sp³-hybridized carbons (Fsp3) is 0.643. The highest BCUT2D eigenvalue weighted by atomic mass is 16.5. The van der Waals surface area contributed by atoms with Crippen LogP contribution in [0.2, 0.25) is 0 Å². The van der Waals surface area contributed by atoms with Crippen molar-refractivity contribution in [2.24, 2.45) is 5.92 Å². The maximum absolute atomic E-state index is 10.0. The highest BCUT2D eigenvalue weighted by Crippen LogP contribution is 2.25. The third-order valence-corrected chi connectivity index (χ3v) is 3.45. The van der Waals surface area contributed by atoms with Gasteiger partial charge >= 0.3 is 0 Å². The predicted octanol–water partition coefficient (Wildman–Crippen LogP) is 2.66. The van der Waals surface area contributed by atoms with E-state index in [2.05, 4.69) is 18.8 Å². The second kappa shape index (κ2) is 6.01. The van der Waals surface area contributed by atoms with Gasteiger partial charge in [-0.25, -0.2) is 0 Å². The monoisotopic (exact) mass is 237 g/mol. The van der Waals surface area contributed by atoms with E-state index in [4.69, 9.17) is 4.74 Å². The molecule has 0 aromatic carbocycles. The van der Waals surface area contributed by atoms with Gasteiger partial charge in [0, 0.05) is 29.4 Å². The number of nitrogens with zero attached hydrogens (tertiary/aromatic N) is 1. The second-order valence-electron chi connectivity index (χ2n) is 4.70. The lowest BCUT2D eigenvalue weighted by atomic mass is 9.96. The predicted molar refractivity (Wildman–Crippen MR) is 69.4 cm³/mol. The first-order valence-corrected chi connectivity index (χ1v) is 6.18. The van der Waals surface area contributed by atoms with Crippen molar-refractivity contribution in [2.75, 3.05) is 7.11 Å². The van der Waals surface area contributed by atoms with Gasteiger partial charge in [-0.05, 0) is 19.8 Å². The molecule has 1 N–H and O–H groups in total. The van der Waals surface area contributed by atoms with Gasteiger partial charge in [-0.2, -0.15) is 0 Å². The van der Waals surface area contributed by atoms with E-state index in [9.17, 15) is 5.11 Å². The SMILES string of the molecule is CCC(C)C(O)Cc1ncc(C)c(OC)c1C. The first-order valence-electron chi connectivity index (χ1n) is 6.18. The average Bonchev–Trinajstić information content (AvgIpc) is 2.32. The summed E-state index contributed by atoms with van der Waals surface area (Å²) in [6, 6.07) is 0. The molecule has 0 aliphatic carbocycles. The van der Waals surface area contributed by atoms with Gasteiger partial charge in [0.25, 0.3) is 0 Å². The summed E-state index contributed by atoms with van der Waals surface area (Å²) in [6.45, 7) is 8.13. The summed E-state index contributed by atoms with van der Waals surface area (Å²) in [4.78, 5) is 4.40. The lowest BCUT2D eigenvalue weighted by molar-refractivity contribution is 0.113. The zero-order valence-corrected chi connectivity index (χ0v) is 11.4. The van der Waals surface area contributed by atoms with Crippen LogP contribution in [-0.2, 0) is 6.42 Å². The summed E-state index contributed by atoms with van der Waals surface area (Å²) >= 11 is 0. The summed E-state index contributed by atoms with van der Waals surface area (Å²) in [6.07, 6.45) is 3.05. The maximum Gasteiger partial charge on any atom is 0.128 e. The fourth-order valence-corrected chi connectivity index (χ4v) is 1.95. The molecule has 0 saturated carbocycles. The van der Waals surface area contributed by atoms with Crippen LogP contribution in [0.4, 0.5) is 0 Å². The van der Waals surface area contributed by atoms with Gasteiger partial charge in [-0.3, -0.25) is 4.98 Å². The third-order valence-electron chi connectivity index (χ3n) is 3.45. The number of aliphatic hydroxyl groups excluding tert-OH is 1. The third kappa shape index (κ3) is 3.19. The van der Waals surface area contributed by atoms with Gasteiger partial charge in [-0.15, -0.1) is 0 Å². The topological polar surface area (TPSA) is 42.4 Å². The number of pyridine rings is 1. The molecule has 96 valence electrons. The number of aliphatic hydroxyl groups is 1. The van der Waals surface area contributed by atoms with Crippen molar-refractivity contribution in [1.29, 1.82) is 0 Å². The van der Waals surface area contributed by atoms with Crippen molar-refractivity contribution in [2.45, 2.75) is 46.6 Å². The van der Waals surface area contributed by atoms with E-state index in [1.54, 1.807) is 7.11 Å². The van der Waals surface area contributed by atoms with E-state index >= 15 is 0 Å². The highest BCUT2D eigenvalue weighted by Gasteiger charge is 2.17. The normalized spacial score (nSPS) is 14.5. The number of methoxy groups -OCH3 is 1. The van der Waals surface area contributed by atoms with Crippen LogP contribution < -0.4 is 4.74 Å². The minimum Gasteiger partial charge on any atom is -0.496 e. The van der Waals surface area contributed by atoms with Gasteiger partial charge in [0.15, 0.2) is 0 Å². The molecule has 3 heteroatoms. The molecule has 0 amide bonds. The van der Waals surface area contributed by atoms with E-state index < -0.39 is 0 Å².